The van der Waals surface area contributed by atoms with Crippen LogP contribution >= 0.6 is 15.9 Å². The Kier molecular flexibility index (Phi) is 4.19. The zero-order valence-corrected chi connectivity index (χ0v) is 11.9. The third kappa shape index (κ3) is 3.73. The van der Waals surface area contributed by atoms with Crippen LogP contribution in [-0.4, -0.2) is 0 Å². The molecule has 0 aliphatic rings. The summed E-state index contributed by atoms with van der Waals surface area (Å²) >= 11 is 3.19. The van der Waals surface area contributed by atoms with Gasteiger partial charge in [0, 0.05) is 15.8 Å². The second-order valence-corrected chi connectivity index (χ2v) is 5.07. The van der Waals surface area contributed by atoms with Crippen LogP contribution in [0.4, 0.5) is 28.9 Å². The first kappa shape index (κ1) is 15.3. The average molecular weight is 359 g/mol. The summed E-state index contributed by atoms with van der Waals surface area (Å²) in [6.07, 6.45) is -4.77. The number of benzene rings is 2. The van der Waals surface area contributed by atoms with Crippen LogP contribution in [0.3, 0.4) is 0 Å². The van der Waals surface area contributed by atoms with Crippen molar-refractivity contribution in [2.75, 3.05) is 5.32 Å². The lowest BCUT2D eigenvalue weighted by molar-refractivity contribution is -0.139. The molecule has 0 unspecified atom stereocenters. The molecule has 0 radical (unpaired) electrons. The van der Waals surface area contributed by atoms with Crippen LogP contribution in [0.2, 0.25) is 0 Å². The van der Waals surface area contributed by atoms with Crippen molar-refractivity contribution in [3.05, 3.63) is 57.8 Å². The number of nitriles is 1. The Balaban J connectivity index is 2.37. The van der Waals surface area contributed by atoms with Crippen LogP contribution in [-0.2, 0) is 6.18 Å². The number of rotatable bonds is 2. The van der Waals surface area contributed by atoms with Crippen LogP contribution in [0.5, 0.6) is 0 Å². The van der Waals surface area contributed by atoms with E-state index in [0.717, 1.165) is 6.07 Å². The monoisotopic (exact) mass is 358 g/mol. The van der Waals surface area contributed by atoms with E-state index in [2.05, 4.69) is 21.2 Å². The van der Waals surface area contributed by atoms with Crippen molar-refractivity contribution in [2.24, 2.45) is 0 Å². The normalized spacial score (nSPS) is 11.0. The first-order valence-electron chi connectivity index (χ1n) is 5.64. The van der Waals surface area contributed by atoms with Crippen molar-refractivity contribution in [2.45, 2.75) is 6.18 Å². The van der Waals surface area contributed by atoms with Gasteiger partial charge in [0.15, 0.2) is 0 Å². The van der Waals surface area contributed by atoms with Gasteiger partial charge in [-0.15, -0.1) is 0 Å². The molecular weight excluding hydrogens is 352 g/mol. The second-order valence-electron chi connectivity index (χ2n) is 4.16. The largest absolute Gasteiger partial charge is 0.419 e. The van der Waals surface area contributed by atoms with Crippen LogP contribution in [0.1, 0.15) is 11.1 Å². The Morgan fingerprint density at radius 1 is 1.05 bits per heavy atom. The fourth-order valence-corrected chi connectivity index (χ4v) is 2.21. The Hall–Kier alpha value is -2.07. The van der Waals surface area contributed by atoms with E-state index in [1.165, 1.54) is 12.1 Å². The molecule has 108 valence electrons. The molecule has 0 heterocycles. The van der Waals surface area contributed by atoms with E-state index in [0.29, 0.717) is 21.8 Å². The smallest absolute Gasteiger partial charge is 0.355 e. The average Bonchev–Trinajstić information content (AvgIpc) is 2.39. The predicted octanol–water partition coefficient (Wildman–Crippen LogP) is 5.22. The molecule has 0 saturated heterocycles. The Morgan fingerprint density at radius 3 is 2.38 bits per heavy atom. The predicted molar refractivity (Wildman–Crippen MR) is 73.5 cm³/mol. The molecule has 0 spiro atoms. The van der Waals surface area contributed by atoms with E-state index in [4.69, 9.17) is 5.26 Å². The third-order valence-corrected chi connectivity index (χ3v) is 3.05. The molecule has 0 aliphatic carbocycles. The van der Waals surface area contributed by atoms with Gasteiger partial charge >= 0.3 is 6.18 Å². The SMILES string of the molecule is N#Cc1cc(Br)cc(Nc2ccc(F)c(C(F)(F)F)c2)c1. The molecule has 0 atom stereocenters. The highest BCUT2D eigenvalue weighted by Gasteiger charge is 2.34. The quantitative estimate of drug-likeness (QED) is 0.746. The molecule has 0 saturated carbocycles. The van der Waals surface area contributed by atoms with Crippen LogP contribution in [0, 0.1) is 17.1 Å². The Morgan fingerprint density at radius 2 is 1.76 bits per heavy atom. The van der Waals surface area contributed by atoms with Gasteiger partial charge in [-0.05, 0) is 36.4 Å². The minimum atomic E-state index is -4.77. The van der Waals surface area contributed by atoms with Gasteiger partial charge in [-0.25, -0.2) is 4.39 Å². The number of nitrogens with zero attached hydrogens (tertiary/aromatic N) is 1. The topological polar surface area (TPSA) is 35.8 Å². The van der Waals surface area contributed by atoms with Gasteiger partial charge in [0.05, 0.1) is 17.2 Å². The highest BCUT2D eigenvalue weighted by molar-refractivity contribution is 9.10. The maximum Gasteiger partial charge on any atom is 0.419 e. The zero-order valence-electron chi connectivity index (χ0n) is 10.3. The lowest BCUT2D eigenvalue weighted by atomic mass is 10.1. The van der Waals surface area contributed by atoms with E-state index in [1.807, 2.05) is 6.07 Å². The molecule has 2 aromatic carbocycles. The van der Waals surface area contributed by atoms with Crippen molar-refractivity contribution < 1.29 is 17.6 Å². The van der Waals surface area contributed by atoms with Gasteiger partial charge in [-0.2, -0.15) is 18.4 Å². The fraction of sp³-hybridized carbons (Fsp3) is 0.0714. The molecule has 2 nitrogen and oxygen atoms in total. The minimum absolute atomic E-state index is 0.0747. The molecule has 0 amide bonds. The zero-order chi connectivity index (χ0) is 15.6. The molecule has 1 N–H and O–H groups in total. The summed E-state index contributed by atoms with van der Waals surface area (Å²) in [7, 11) is 0. The van der Waals surface area contributed by atoms with Crippen molar-refractivity contribution in [1.82, 2.24) is 0 Å². The highest BCUT2D eigenvalue weighted by atomic mass is 79.9. The number of hydrogen-bond donors (Lipinski definition) is 1. The van der Waals surface area contributed by atoms with Crippen LogP contribution in [0.15, 0.2) is 40.9 Å². The van der Waals surface area contributed by atoms with Gasteiger partial charge in [0.1, 0.15) is 5.82 Å². The number of alkyl halides is 3. The molecule has 2 aromatic rings. The number of anilines is 2. The Bertz CT molecular complexity index is 720. The summed E-state index contributed by atoms with van der Waals surface area (Å²) in [5.41, 5.74) is -0.514. The summed E-state index contributed by atoms with van der Waals surface area (Å²) in [5, 5.41) is 11.6. The molecular formula is C14H7BrF4N2. The number of halogens is 5. The van der Waals surface area contributed by atoms with Crippen LogP contribution < -0.4 is 5.32 Å². The maximum absolute atomic E-state index is 13.2. The summed E-state index contributed by atoms with van der Waals surface area (Å²) in [4.78, 5) is 0. The van der Waals surface area contributed by atoms with Crippen molar-refractivity contribution in [3.63, 3.8) is 0 Å². The van der Waals surface area contributed by atoms with Crippen molar-refractivity contribution >= 4 is 27.3 Å². The third-order valence-electron chi connectivity index (χ3n) is 2.59. The first-order chi connectivity index (χ1) is 9.79. The lowest BCUT2D eigenvalue weighted by Gasteiger charge is -2.12. The van der Waals surface area contributed by atoms with Gasteiger partial charge in [-0.1, -0.05) is 15.9 Å². The standard InChI is InChI=1S/C14H7BrF4N2/c15-9-3-8(7-20)4-11(5-9)21-10-1-2-13(16)12(6-10)14(17,18)19/h1-6,21H. The van der Waals surface area contributed by atoms with Crippen molar-refractivity contribution in [1.29, 1.82) is 5.26 Å². The molecule has 2 rings (SSSR count). The van der Waals surface area contributed by atoms with E-state index in [9.17, 15) is 17.6 Å². The minimum Gasteiger partial charge on any atom is -0.355 e. The summed E-state index contributed by atoms with van der Waals surface area (Å²) < 4.78 is 51.7. The molecule has 0 aliphatic heterocycles. The summed E-state index contributed by atoms with van der Waals surface area (Å²) in [6.45, 7) is 0. The maximum atomic E-state index is 13.2. The highest BCUT2D eigenvalue weighted by Crippen LogP contribution is 2.34. The van der Waals surface area contributed by atoms with E-state index in [-0.39, 0.29) is 5.69 Å². The second kappa shape index (κ2) is 5.74. The molecule has 0 fully saturated rings. The summed E-state index contributed by atoms with van der Waals surface area (Å²) in [6, 6.07) is 9.18. The van der Waals surface area contributed by atoms with Gasteiger partial charge < -0.3 is 5.32 Å². The Labute approximate surface area is 126 Å². The molecule has 21 heavy (non-hydrogen) atoms. The van der Waals surface area contributed by atoms with E-state index in [1.54, 1.807) is 12.1 Å². The van der Waals surface area contributed by atoms with Crippen LogP contribution in [0.25, 0.3) is 0 Å². The van der Waals surface area contributed by atoms with E-state index >= 15 is 0 Å². The van der Waals surface area contributed by atoms with Gasteiger partial charge in [0.25, 0.3) is 0 Å². The lowest BCUT2D eigenvalue weighted by Crippen LogP contribution is -2.08. The van der Waals surface area contributed by atoms with Gasteiger partial charge in [0.2, 0.25) is 0 Å². The molecule has 7 heteroatoms. The van der Waals surface area contributed by atoms with Gasteiger partial charge in [-0.3, -0.25) is 0 Å². The first-order valence-corrected chi connectivity index (χ1v) is 6.43. The summed E-state index contributed by atoms with van der Waals surface area (Å²) in [5.74, 6) is -1.33. The number of nitrogens with one attached hydrogen (secondary N) is 1. The molecule has 0 bridgehead atoms. The van der Waals surface area contributed by atoms with E-state index < -0.39 is 17.6 Å². The number of hydrogen-bond acceptors (Lipinski definition) is 2. The fourth-order valence-electron chi connectivity index (χ4n) is 1.71. The molecule has 0 aromatic heterocycles. The van der Waals surface area contributed by atoms with Crippen molar-refractivity contribution in [3.8, 4) is 6.07 Å².